The van der Waals surface area contributed by atoms with Gasteiger partial charge in [-0.2, -0.15) is 0 Å². The Morgan fingerprint density at radius 3 is 2.59 bits per heavy atom. The van der Waals surface area contributed by atoms with Crippen LogP contribution < -0.4 is 15.8 Å². The molecule has 1 aromatic carbocycles. The fraction of sp³-hybridized carbons (Fsp3) is 0.667. The Morgan fingerprint density at radius 1 is 1.26 bits per heavy atom. The molecule has 0 aromatic heterocycles. The molecule has 0 saturated carbocycles. The lowest BCUT2D eigenvalue weighted by Gasteiger charge is -2.38. The summed E-state index contributed by atoms with van der Waals surface area (Å²) in [5.41, 5.74) is 6.02. The zero-order valence-electron chi connectivity index (χ0n) is 21.2. The second kappa shape index (κ2) is 12.5. The first-order chi connectivity index (χ1) is 15.9. The summed E-state index contributed by atoms with van der Waals surface area (Å²) in [4.78, 5) is 28.9. The number of anilines is 1. The summed E-state index contributed by atoms with van der Waals surface area (Å²) in [6.07, 6.45) is 2.14. The first-order valence-electron chi connectivity index (χ1n) is 11.6. The number of likely N-dealkylation sites (tertiary alicyclic amines) is 1. The monoisotopic (exact) mass is 498 g/mol. The Kier molecular flexibility index (Phi) is 10.3. The molecule has 3 N–H and O–H groups in total. The van der Waals surface area contributed by atoms with Crippen LogP contribution in [-0.4, -0.2) is 87.0 Å². The van der Waals surface area contributed by atoms with E-state index >= 15 is 0 Å². The van der Waals surface area contributed by atoms with E-state index < -0.39 is 5.60 Å². The summed E-state index contributed by atoms with van der Waals surface area (Å²) in [5, 5.41) is 3.37. The fourth-order valence-corrected chi connectivity index (χ4v) is 4.03. The highest BCUT2D eigenvalue weighted by molar-refractivity contribution is 6.33. The van der Waals surface area contributed by atoms with Crippen LogP contribution >= 0.6 is 11.6 Å². The molecule has 0 aliphatic carbocycles. The van der Waals surface area contributed by atoms with Crippen LogP contribution in [-0.2, 0) is 9.47 Å². The number of hydrogen-bond donors (Lipinski definition) is 2. The van der Waals surface area contributed by atoms with E-state index in [1.54, 1.807) is 25.1 Å². The predicted molar refractivity (Wildman–Crippen MR) is 134 cm³/mol. The van der Waals surface area contributed by atoms with Crippen molar-refractivity contribution in [2.45, 2.75) is 57.8 Å². The van der Waals surface area contributed by atoms with Gasteiger partial charge in [-0.3, -0.25) is 4.79 Å². The lowest BCUT2D eigenvalue weighted by Crippen LogP contribution is -2.55. The third-order valence-corrected chi connectivity index (χ3v) is 6.08. The minimum absolute atomic E-state index is 0.131. The van der Waals surface area contributed by atoms with Crippen molar-refractivity contribution in [2.75, 3.05) is 53.2 Å². The van der Waals surface area contributed by atoms with E-state index in [0.717, 1.165) is 32.4 Å². The molecule has 2 rings (SSSR count). The number of rotatable bonds is 9. The van der Waals surface area contributed by atoms with Gasteiger partial charge in [-0.15, -0.1) is 0 Å². The van der Waals surface area contributed by atoms with E-state index in [4.69, 9.17) is 31.5 Å². The largest absolute Gasteiger partial charge is 0.496 e. The van der Waals surface area contributed by atoms with Gasteiger partial charge in [-0.25, -0.2) is 4.79 Å². The van der Waals surface area contributed by atoms with Crippen LogP contribution in [0.15, 0.2) is 12.1 Å². The molecule has 1 aliphatic rings. The summed E-state index contributed by atoms with van der Waals surface area (Å²) in [6, 6.07) is 2.94. The summed E-state index contributed by atoms with van der Waals surface area (Å²) in [6.45, 7) is 8.66. The molecule has 0 bridgehead atoms. The molecule has 2 unspecified atom stereocenters. The van der Waals surface area contributed by atoms with Crippen LogP contribution in [0.5, 0.6) is 5.75 Å². The number of nitrogens with zero attached hydrogens (tertiary/aromatic N) is 2. The average Bonchev–Trinajstić information content (AvgIpc) is 2.77. The Morgan fingerprint density at radius 2 is 1.97 bits per heavy atom. The van der Waals surface area contributed by atoms with E-state index in [9.17, 15) is 9.59 Å². The summed E-state index contributed by atoms with van der Waals surface area (Å²) >= 11 is 6.11. The molecule has 2 amide bonds. The van der Waals surface area contributed by atoms with E-state index in [2.05, 4.69) is 10.2 Å². The average molecular weight is 499 g/mol. The first kappa shape index (κ1) is 28.0. The number of methoxy groups -OCH3 is 2. The number of nitrogens with one attached hydrogen (secondary N) is 1. The SMILES string of the molecule is COc1cc(N)c(Cl)cc1C(=O)NC1CCN(CCCCN(C)C(=O)OC(C)(C)C)CC1OC. The molecule has 9 nitrogen and oxygen atoms in total. The number of carbonyl (C=O) groups is 2. The van der Waals surface area contributed by atoms with E-state index in [1.165, 1.54) is 13.2 Å². The molecule has 1 aromatic rings. The molecule has 34 heavy (non-hydrogen) atoms. The van der Waals surface area contributed by atoms with Crippen molar-refractivity contribution in [2.24, 2.45) is 0 Å². The number of nitrogens with two attached hydrogens (primary N) is 1. The summed E-state index contributed by atoms with van der Waals surface area (Å²) in [7, 11) is 4.90. The Hall–Kier alpha value is -2.23. The number of hydrogen-bond acceptors (Lipinski definition) is 7. The van der Waals surface area contributed by atoms with Gasteiger partial charge >= 0.3 is 6.09 Å². The lowest BCUT2D eigenvalue weighted by atomic mass is 10.0. The van der Waals surface area contributed by atoms with Crippen molar-refractivity contribution in [3.8, 4) is 5.75 Å². The fourth-order valence-electron chi connectivity index (χ4n) is 3.86. The Labute approximate surface area is 207 Å². The molecular weight excluding hydrogens is 460 g/mol. The second-order valence-corrected chi connectivity index (χ2v) is 10.0. The number of unbranched alkanes of at least 4 members (excludes halogenated alkanes) is 1. The van der Waals surface area contributed by atoms with Crippen molar-refractivity contribution in [3.05, 3.63) is 22.7 Å². The molecule has 192 valence electrons. The molecule has 1 aliphatic heterocycles. The number of benzene rings is 1. The highest BCUT2D eigenvalue weighted by atomic mass is 35.5. The maximum atomic E-state index is 12.9. The normalized spacial score (nSPS) is 18.9. The van der Waals surface area contributed by atoms with Crippen LogP contribution in [0.4, 0.5) is 10.5 Å². The first-order valence-corrected chi connectivity index (χ1v) is 12.0. The minimum Gasteiger partial charge on any atom is -0.496 e. The highest BCUT2D eigenvalue weighted by Crippen LogP contribution is 2.29. The Balaban J connectivity index is 1.82. The molecule has 0 radical (unpaired) electrons. The van der Waals surface area contributed by atoms with Crippen molar-refractivity contribution in [1.82, 2.24) is 15.1 Å². The van der Waals surface area contributed by atoms with Crippen LogP contribution in [0.1, 0.15) is 50.4 Å². The molecule has 2 atom stereocenters. The molecular formula is C24H39ClN4O5. The minimum atomic E-state index is -0.495. The lowest BCUT2D eigenvalue weighted by molar-refractivity contribution is 0.00559. The van der Waals surface area contributed by atoms with E-state index in [1.807, 2.05) is 20.8 Å². The molecule has 1 heterocycles. The summed E-state index contributed by atoms with van der Waals surface area (Å²) in [5.74, 6) is 0.103. The van der Waals surface area contributed by atoms with Gasteiger partial charge in [0.1, 0.15) is 11.4 Å². The predicted octanol–water partition coefficient (Wildman–Crippen LogP) is 3.40. The van der Waals surface area contributed by atoms with E-state index in [0.29, 0.717) is 35.1 Å². The quantitative estimate of drug-likeness (QED) is 0.397. The van der Waals surface area contributed by atoms with Crippen LogP contribution in [0, 0.1) is 0 Å². The van der Waals surface area contributed by atoms with Gasteiger partial charge in [0.25, 0.3) is 5.91 Å². The number of piperidine rings is 1. The zero-order chi connectivity index (χ0) is 25.5. The van der Waals surface area contributed by atoms with Crippen LogP contribution in [0.3, 0.4) is 0 Å². The van der Waals surface area contributed by atoms with Crippen LogP contribution in [0.2, 0.25) is 5.02 Å². The Bertz CT molecular complexity index is 845. The number of carbonyl (C=O) groups excluding carboxylic acids is 2. The maximum Gasteiger partial charge on any atom is 0.410 e. The third-order valence-electron chi connectivity index (χ3n) is 5.75. The number of ether oxygens (including phenoxy) is 3. The maximum absolute atomic E-state index is 12.9. The van der Waals surface area contributed by atoms with Gasteiger partial charge in [0, 0.05) is 39.9 Å². The number of halogens is 1. The van der Waals surface area contributed by atoms with Crippen molar-refractivity contribution in [1.29, 1.82) is 0 Å². The van der Waals surface area contributed by atoms with Gasteiger partial charge < -0.3 is 35.1 Å². The standard InChI is InChI=1S/C24H39ClN4O5/c1-24(2,3)34-23(31)28(4)10-7-8-11-29-12-9-19(21(15-29)33-6)27-22(30)16-13-17(25)18(26)14-20(16)32-5/h13-14,19,21H,7-12,15,26H2,1-6H3,(H,27,30). The number of amides is 2. The highest BCUT2D eigenvalue weighted by Gasteiger charge is 2.31. The topological polar surface area (TPSA) is 106 Å². The van der Waals surface area contributed by atoms with Crippen molar-refractivity contribution in [3.63, 3.8) is 0 Å². The van der Waals surface area contributed by atoms with E-state index in [-0.39, 0.29) is 24.1 Å². The van der Waals surface area contributed by atoms with Gasteiger partial charge in [0.05, 0.1) is 35.5 Å². The molecule has 0 spiro atoms. The van der Waals surface area contributed by atoms with Gasteiger partial charge in [-0.1, -0.05) is 11.6 Å². The van der Waals surface area contributed by atoms with Gasteiger partial charge in [0.2, 0.25) is 0 Å². The summed E-state index contributed by atoms with van der Waals surface area (Å²) < 4.78 is 16.4. The smallest absolute Gasteiger partial charge is 0.410 e. The van der Waals surface area contributed by atoms with Gasteiger partial charge in [0.15, 0.2) is 0 Å². The molecule has 1 saturated heterocycles. The third kappa shape index (κ3) is 8.21. The zero-order valence-corrected chi connectivity index (χ0v) is 21.9. The van der Waals surface area contributed by atoms with Gasteiger partial charge in [-0.05, 0) is 52.6 Å². The van der Waals surface area contributed by atoms with Crippen molar-refractivity contribution < 1.29 is 23.8 Å². The van der Waals surface area contributed by atoms with Crippen molar-refractivity contribution >= 4 is 29.3 Å². The number of nitrogen functional groups attached to an aromatic ring is 1. The second-order valence-electron chi connectivity index (χ2n) is 9.63. The molecule has 10 heteroatoms. The van der Waals surface area contributed by atoms with Crippen LogP contribution in [0.25, 0.3) is 0 Å². The molecule has 1 fully saturated rings.